The standard InChI is InChI=1S/C10H13NO6/c12-8(11-5-3-4-16-10(5)15)6-1-2-7(17-6)9(13)14/h5-7H,1-4H2,(H,11,12)(H,13,14). The molecule has 2 N–H and O–H groups in total. The maximum Gasteiger partial charge on any atom is 0.332 e. The molecule has 1 amide bonds. The molecule has 2 heterocycles. The minimum atomic E-state index is -1.07. The van der Waals surface area contributed by atoms with Crippen molar-refractivity contribution in [1.29, 1.82) is 0 Å². The first-order valence-corrected chi connectivity index (χ1v) is 5.43. The van der Waals surface area contributed by atoms with Crippen LogP contribution in [-0.4, -0.2) is 47.8 Å². The highest BCUT2D eigenvalue weighted by Crippen LogP contribution is 2.20. The summed E-state index contributed by atoms with van der Waals surface area (Å²) in [7, 11) is 0. The molecule has 0 saturated carbocycles. The van der Waals surface area contributed by atoms with Crippen molar-refractivity contribution < 1.29 is 29.0 Å². The highest BCUT2D eigenvalue weighted by atomic mass is 16.5. The minimum absolute atomic E-state index is 0.299. The van der Waals surface area contributed by atoms with Crippen LogP contribution in [0.25, 0.3) is 0 Å². The maximum atomic E-state index is 11.7. The molecular weight excluding hydrogens is 230 g/mol. The predicted molar refractivity (Wildman–Crippen MR) is 53.0 cm³/mol. The fourth-order valence-corrected chi connectivity index (χ4v) is 1.90. The summed E-state index contributed by atoms with van der Waals surface area (Å²) < 4.78 is 9.77. The monoisotopic (exact) mass is 243 g/mol. The van der Waals surface area contributed by atoms with E-state index in [9.17, 15) is 14.4 Å². The van der Waals surface area contributed by atoms with Crippen LogP contribution in [0, 0.1) is 0 Å². The Kier molecular flexibility index (Phi) is 3.28. The fraction of sp³-hybridized carbons (Fsp3) is 0.700. The van der Waals surface area contributed by atoms with Gasteiger partial charge in [0.1, 0.15) is 12.1 Å². The number of hydrogen-bond acceptors (Lipinski definition) is 5. The first-order chi connectivity index (χ1) is 8.08. The van der Waals surface area contributed by atoms with Gasteiger partial charge in [0.25, 0.3) is 0 Å². The van der Waals surface area contributed by atoms with Crippen LogP contribution in [0.3, 0.4) is 0 Å². The Morgan fingerprint density at radius 1 is 1.24 bits per heavy atom. The molecule has 94 valence electrons. The van der Waals surface area contributed by atoms with Crippen molar-refractivity contribution >= 4 is 17.8 Å². The first kappa shape index (κ1) is 11.8. The Bertz CT molecular complexity index is 355. The zero-order chi connectivity index (χ0) is 12.4. The lowest BCUT2D eigenvalue weighted by atomic mass is 10.1. The van der Waals surface area contributed by atoms with E-state index in [1.807, 2.05) is 0 Å². The highest BCUT2D eigenvalue weighted by Gasteiger charge is 2.37. The molecule has 3 atom stereocenters. The second-order valence-electron chi connectivity index (χ2n) is 4.05. The van der Waals surface area contributed by atoms with Gasteiger partial charge in [-0.15, -0.1) is 0 Å². The van der Waals surface area contributed by atoms with Gasteiger partial charge in [-0.05, 0) is 12.8 Å². The number of nitrogens with one attached hydrogen (secondary N) is 1. The molecule has 0 aromatic rings. The molecule has 0 aliphatic carbocycles. The van der Waals surface area contributed by atoms with Crippen molar-refractivity contribution in [2.24, 2.45) is 0 Å². The molecule has 2 aliphatic heterocycles. The zero-order valence-corrected chi connectivity index (χ0v) is 9.05. The Balaban J connectivity index is 1.85. The summed E-state index contributed by atoms with van der Waals surface area (Å²) in [5, 5.41) is 11.2. The van der Waals surface area contributed by atoms with Crippen molar-refractivity contribution in [3.05, 3.63) is 0 Å². The van der Waals surface area contributed by atoms with E-state index in [0.29, 0.717) is 25.9 Å². The van der Waals surface area contributed by atoms with Crippen LogP contribution in [0.5, 0.6) is 0 Å². The van der Waals surface area contributed by atoms with Gasteiger partial charge in [-0.3, -0.25) is 4.79 Å². The molecule has 0 radical (unpaired) electrons. The number of rotatable bonds is 3. The third-order valence-corrected chi connectivity index (χ3v) is 2.84. The molecule has 2 rings (SSSR count). The Morgan fingerprint density at radius 3 is 2.47 bits per heavy atom. The lowest BCUT2D eigenvalue weighted by Crippen LogP contribution is -2.43. The topological polar surface area (TPSA) is 102 Å². The van der Waals surface area contributed by atoms with Gasteiger partial charge in [0.2, 0.25) is 5.91 Å². The number of ether oxygens (including phenoxy) is 2. The maximum absolute atomic E-state index is 11.7. The Labute approximate surface area is 97.1 Å². The Morgan fingerprint density at radius 2 is 1.94 bits per heavy atom. The molecule has 17 heavy (non-hydrogen) atoms. The molecule has 3 unspecified atom stereocenters. The summed E-state index contributed by atoms with van der Waals surface area (Å²) in [5.41, 5.74) is 0. The van der Waals surface area contributed by atoms with Gasteiger partial charge < -0.3 is 19.9 Å². The van der Waals surface area contributed by atoms with E-state index in [4.69, 9.17) is 14.6 Å². The van der Waals surface area contributed by atoms with Crippen LogP contribution < -0.4 is 5.32 Å². The number of carbonyl (C=O) groups excluding carboxylic acids is 2. The molecular formula is C10H13NO6. The number of cyclic esters (lactones) is 1. The molecule has 2 fully saturated rings. The minimum Gasteiger partial charge on any atom is -0.479 e. The summed E-state index contributed by atoms with van der Waals surface area (Å²) in [4.78, 5) is 33.4. The van der Waals surface area contributed by atoms with Gasteiger partial charge in [-0.2, -0.15) is 0 Å². The molecule has 2 aliphatic rings. The fourth-order valence-electron chi connectivity index (χ4n) is 1.90. The van der Waals surface area contributed by atoms with Crippen LogP contribution in [0.15, 0.2) is 0 Å². The van der Waals surface area contributed by atoms with Crippen molar-refractivity contribution in [3.8, 4) is 0 Å². The number of aliphatic carboxylic acids is 1. The van der Waals surface area contributed by atoms with Crippen molar-refractivity contribution in [1.82, 2.24) is 5.32 Å². The zero-order valence-electron chi connectivity index (χ0n) is 9.05. The van der Waals surface area contributed by atoms with Gasteiger partial charge >= 0.3 is 11.9 Å². The molecule has 7 heteroatoms. The van der Waals surface area contributed by atoms with Crippen LogP contribution in [0.4, 0.5) is 0 Å². The van der Waals surface area contributed by atoms with Crippen molar-refractivity contribution in [2.75, 3.05) is 6.61 Å². The summed E-state index contributed by atoms with van der Waals surface area (Å²) >= 11 is 0. The van der Waals surface area contributed by atoms with E-state index in [-0.39, 0.29) is 0 Å². The third-order valence-electron chi connectivity index (χ3n) is 2.84. The number of carbonyl (C=O) groups is 3. The van der Waals surface area contributed by atoms with Crippen LogP contribution in [0.1, 0.15) is 19.3 Å². The number of amides is 1. The number of carboxylic acid groups (broad SMARTS) is 1. The van der Waals surface area contributed by atoms with Crippen LogP contribution in [0.2, 0.25) is 0 Å². The van der Waals surface area contributed by atoms with E-state index >= 15 is 0 Å². The first-order valence-electron chi connectivity index (χ1n) is 5.43. The summed E-state index contributed by atoms with van der Waals surface area (Å²) in [6.07, 6.45) is -0.613. The third kappa shape index (κ3) is 2.55. The summed E-state index contributed by atoms with van der Waals surface area (Å²) in [5.74, 6) is -1.97. The van der Waals surface area contributed by atoms with E-state index in [1.165, 1.54) is 0 Å². The summed E-state index contributed by atoms with van der Waals surface area (Å²) in [6, 6.07) is -0.630. The normalized spacial score (nSPS) is 32.2. The average Bonchev–Trinajstić information content (AvgIpc) is 2.88. The lowest BCUT2D eigenvalue weighted by molar-refractivity contribution is -0.152. The van der Waals surface area contributed by atoms with E-state index in [2.05, 4.69) is 5.32 Å². The molecule has 7 nitrogen and oxygen atoms in total. The number of esters is 1. The smallest absolute Gasteiger partial charge is 0.332 e. The van der Waals surface area contributed by atoms with E-state index in [1.54, 1.807) is 0 Å². The molecule has 0 aromatic carbocycles. The van der Waals surface area contributed by atoms with Gasteiger partial charge in [-0.25, -0.2) is 9.59 Å². The average molecular weight is 243 g/mol. The number of carboxylic acids is 1. The van der Waals surface area contributed by atoms with Crippen molar-refractivity contribution in [2.45, 2.75) is 37.5 Å². The molecule has 2 saturated heterocycles. The van der Waals surface area contributed by atoms with Crippen LogP contribution in [-0.2, 0) is 23.9 Å². The largest absolute Gasteiger partial charge is 0.479 e. The van der Waals surface area contributed by atoms with Crippen LogP contribution >= 0.6 is 0 Å². The van der Waals surface area contributed by atoms with Gasteiger partial charge in [0.15, 0.2) is 6.10 Å². The quantitative estimate of drug-likeness (QED) is 0.620. The Hall–Kier alpha value is -1.63. The predicted octanol–water partition coefficient (Wildman–Crippen LogP) is -0.950. The van der Waals surface area contributed by atoms with Gasteiger partial charge in [-0.1, -0.05) is 0 Å². The van der Waals surface area contributed by atoms with E-state index < -0.39 is 36.1 Å². The second-order valence-corrected chi connectivity index (χ2v) is 4.05. The molecule has 0 aromatic heterocycles. The lowest BCUT2D eigenvalue weighted by Gasteiger charge is -2.13. The van der Waals surface area contributed by atoms with Gasteiger partial charge in [0.05, 0.1) is 6.61 Å². The number of hydrogen-bond donors (Lipinski definition) is 2. The molecule has 0 spiro atoms. The summed E-state index contributed by atoms with van der Waals surface area (Å²) in [6.45, 7) is 0.299. The SMILES string of the molecule is O=C1OCCC1NC(=O)C1CCC(C(=O)O)O1. The highest BCUT2D eigenvalue weighted by molar-refractivity contribution is 5.88. The van der Waals surface area contributed by atoms with Crippen molar-refractivity contribution in [3.63, 3.8) is 0 Å². The van der Waals surface area contributed by atoms with Gasteiger partial charge in [0, 0.05) is 6.42 Å². The molecule has 0 bridgehead atoms. The second kappa shape index (κ2) is 4.70. The van der Waals surface area contributed by atoms with E-state index in [0.717, 1.165) is 0 Å².